The molecule has 1 aromatic carbocycles. The van der Waals surface area contributed by atoms with Crippen LogP contribution >= 0.6 is 15.9 Å². The Morgan fingerprint density at radius 1 is 1.56 bits per heavy atom. The van der Waals surface area contributed by atoms with Crippen LogP contribution in [0.3, 0.4) is 0 Å². The van der Waals surface area contributed by atoms with E-state index in [9.17, 15) is 9.18 Å². The van der Waals surface area contributed by atoms with Crippen LogP contribution in [0, 0.1) is 5.82 Å². The molecule has 0 unspecified atom stereocenters. The smallest absolute Gasteiger partial charge is 0.257 e. The van der Waals surface area contributed by atoms with Crippen LogP contribution in [0.15, 0.2) is 18.2 Å². The number of amides is 1. The normalized spacial score (nSPS) is 14.4. The van der Waals surface area contributed by atoms with Crippen molar-refractivity contribution in [3.05, 3.63) is 29.6 Å². The summed E-state index contributed by atoms with van der Waals surface area (Å²) in [7, 11) is 1.47. The summed E-state index contributed by atoms with van der Waals surface area (Å²) in [6.07, 6.45) is 2.02. The number of benzene rings is 1. The Labute approximate surface area is 114 Å². The molecule has 5 heteroatoms. The van der Waals surface area contributed by atoms with E-state index in [1.54, 1.807) is 11.0 Å². The number of halogens is 2. The first-order chi connectivity index (χ1) is 8.67. The highest BCUT2D eigenvalue weighted by Crippen LogP contribution is 2.29. The van der Waals surface area contributed by atoms with Crippen LogP contribution < -0.4 is 4.74 Å². The van der Waals surface area contributed by atoms with E-state index in [0.717, 1.165) is 12.8 Å². The first-order valence-electron chi connectivity index (χ1n) is 5.88. The summed E-state index contributed by atoms with van der Waals surface area (Å²) in [6.45, 7) is 0.606. The highest BCUT2D eigenvalue weighted by Gasteiger charge is 2.33. The summed E-state index contributed by atoms with van der Waals surface area (Å²) in [5, 5.41) is 0.701. The number of carbonyl (C=O) groups is 1. The molecule has 0 bridgehead atoms. The van der Waals surface area contributed by atoms with Crippen molar-refractivity contribution in [2.45, 2.75) is 18.9 Å². The quantitative estimate of drug-likeness (QED) is 0.782. The highest BCUT2D eigenvalue weighted by molar-refractivity contribution is 9.09. The van der Waals surface area contributed by atoms with Gasteiger partial charge in [-0.1, -0.05) is 15.9 Å². The first kappa shape index (κ1) is 13.3. The standard InChI is InChI=1S/C13H15BrFNO2/c1-18-10-4-5-11(12(15)8-10)13(17)16(7-6-14)9-2-3-9/h4-5,8-9H,2-3,6-7H2,1H3. The topological polar surface area (TPSA) is 29.5 Å². The second-order valence-corrected chi connectivity index (χ2v) is 5.06. The van der Waals surface area contributed by atoms with Gasteiger partial charge < -0.3 is 9.64 Å². The number of carbonyl (C=O) groups excluding carboxylic acids is 1. The third-order valence-corrected chi connectivity index (χ3v) is 3.34. The lowest BCUT2D eigenvalue weighted by Crippen LogP contribution is -2.35. The van der Waals surface area contributed by atoms with Gasteiger partial charge >= 0.3 is 0 Å². The van der Waals surface area contributed by atoms with Crippen molar-refractivity contribution in [2.24, 2.45) is 0 Å². The maximum atomic E-state index is 13.8. The van der Waals surface area contributed by atoms with Crippen LogP contribution in [0.5, 0.6) is 5.75 Å². The van der Waals surface area contributed by atoms with E-state index in [1.165, 1.54) is 19.2 Å². The molecule has 2 rings (SSSR count). The summed E-state index contributed by atoms with van der Waals surface area (Å²) in [5.74, 6) is -0.348. The molecule has 0 atom stereocenters. The van der Waals surface area contributed by atoms with Gasteiger partial charge in [-0.3, -0.25) is 4.79 Å². The van der Waals surface area contributed by atoms with Gasteiger partial charge in [0.15, 0.2) is 0 Å². The number of methoxy groups -OCH3 is 1. The fourth-order valence-electron chi connectivity index (χ4n) is 1.88. The Morgan fingerprint density at radius 2 is 2.28 bits per heavy atom. The predicted molar refractivity (Wildman–Crippen MR) is 70.8 cm³/mol. The molecule has 1 aromatic rings. The minimum absolute atomic E-state index is 0.114. The highest BCUT2D eigenvalue weighted by atomic mass is 79.9. The van der Waals surface area contributed by atoms with Gasteiger partial charge in [0.05, 0.1) is 12.7 Å². The van der Waals surface area contributed by atoms with Crippen molar-refractivity contribution >= 4 is 21.8 Å². The first-order valence-corrected chi connectivity index (χ1v) is 7.00. The molecule has 1 amide bonds. The summed E-state index contributed by atoms with van der Waals surface area (Å²) in [5.41, 5.74) is 0.114. The van der Waals surface area contributed by atoms with E-state index in [2.05, 4.69) is 15.9 Å². The lowest BCUT2D eigenvalue weighted by molar-refractivity contribution is 0.0750. The molecule has 0 heterocycles. The average molecular weight is 316 g/mol. The molecule has 0 radical (unpaired) electrons. The van der Waals surface area contributed by atoms with Gasteiger partial charge in [-0.15, -0.1) is 0 Å². The van der Waals surface area contributed by atoms with Crippen molar-refractivity contribution < 1.29 is 13.9 Å². The summed E-state index contributed by atoms with van der Waals surface area (Å²) >= 11 is 3.32. The van der Waals surface area contributed by atoms with Gasteiger partial charge in [-0.2, -0.15) is 0 Å². The average Bonchev–Trinajstić information content (AvgIpc) is 3.19. The van der Waals surface area contributed by atoms with Crippen molar-refractivity contribution in [1.82, 2.24) is 4.90 Å². The second-order valence-electron chi connectivity index (χ2n) is 4.26. The van der Waals surface area contributed by atoms with E-state index < -0.39 is 5.82 Å². The van der Waals surface area contributed by atoms with Crippen LogP contribution in [0.2, 0.25) is 0 Å². The molecule has 0 aliphatic heterocycles. The van der Waals surface area contributed by atoms with Crippen molar-refractivity contribution in [3.8, 4) is 5.75 Å². The number of hydrogen-bond acceptors (Lipinski definition) is 2. The predicted octanol–water partition coefficient (Wildman–Crippen LogP) is 2.83. The molecule has 0 aromatic heterocycles. The number of hydrogen-bond donors (Lipinski definition) is 0. The van der Waals surface area contributed by atoms with E-state index in [0.29, 0.717) is 17.6 Å². The lowest BCUT2D eigenvalue weighted by atomic mass is 10.1. The molecule has 3 nitrogen and oxygen atoms in total. The molecule has 0 N–H and O–H groups in total. The lowest BCUT2D eigenvalue weighted by Gasteiger charge is -2.21. The molecule has 98 valence electrons. The molecule has 0 saturated heterocycles. The molecule has 18 heavy (non-hydrogen) atoms. The van der Waals surface area contributed by atoms with Crippen molar-refractivity contribution in [3.63, 3.8) is 0 Å². The molecule has 1 fully saturated rings. The fourth-order valence-corrected chi connectivity index (χ4v) is 2.26. The zero-order chi connectivity index (χ0) is 13.1. The summed E-state index contributed by atoms with van der Waals surface area (Å²) in [4.78, 5) is 14.0. The summed E-state index contributed by atoms with van der Waals surface area (Å²) < 4.78 is 18.8. The number of nitrogens with zero attached hydrogens (tertiary/aromatic N) is 1. The van der Waals surface area contributed by atoms with Gasteiger partial charge in [0, 0.05) is 24.0 Å². The molecular formula is C13H15BrFNO2. The van der Waals surface area contributed by atoms with Crippen LogP contribution in [0.25, 0.3) is 0 Å². The monoisotopic (exact) mass is 315 g/mol. The van der Waals surface area contributed by atoms with E-state index in [-0.39, 0.29) is 17.5 Å². The summed E-state index contributed by atoms with van der Waals surface area (Å²) in [6, 6.07) is 4.61. The van der Waals surface area contributed by atoms with Crippen molar-refractivity contribution in [2.75, 3.05) is 19.0 Å². The fraction of sp³-hybridized carbons (Fsp3) is 0.462. The van der Waals surface area contributed by atoms with E-state index >= 15 is 0 Å². The third kappa shape index (κ3) is 2.83. The van der Waals surface area contributed by atoms with Gasteiger partial charge in [-0.05, 0) is 25.0 Å². The SMILES string of the molecule is COc1ccc(C(=O)N(CCBr)C2CC2)c(F)c1. The Morgan fingerprint density at radius 3 is 2.78 bits per heavy atom. The Kier molecular flexibility index (Phi) is 4.22. The van der Waals surface area contributed by atoms with Crippen LogP contribution in [-0.2, 0) is 0 Å². The molecular weight excluding hydrogens is 301 g/mol. The molecule has 0 spiro atoms. The Balaban J connectivity index is 2.21. The molecule has 1 aliphatic carbocycles. The van der Waals surface area contributed by atoms with Gasteiger partial charge in [-0.25, -0.2) is 4.39 Å². The van der Waals surface area contributed by atoms with Gasteiger partial charge in [0.25, 0.3) is 5.91 Å². The van der Waals surface area contributed by atoms with Crippen LogP contribution in [-0.4, -0.2) is 35.8 Å². The zero-order valence-electron chi connectivity index (χ0n) is 10.2. The van der Waals surface area contributed by atoms with Gasteiger partial charge in [0.2, 0.25) is 0 Å². The van der Waals surface area contributed by atoms with Gasteiger partial charge in [0.1, 0.15) is 11.6 Å². The van der Waals surface area contributed by atoms with Crippen molar-refractivity contribution in [1.29, 1.82) is 0 Å². The Hall–Kier alpha value is -1.10. The van der Waals surface area contributed by atoms with Crippen LogP contribution in [0.1, 0.15) is 23.2 Å². The molecule has 1 aliphatic rings. The van der Waals surface area contributed by atoms with E-state index in [1.807, 2.05) is 0 Å². The maximum Gasteiger partial charge on any atom is 0.257 e. The Bertz CT molecular complexity index is 449. The van der Waals surface area contributed by atoms with E-state index in [4.69, 9.17) is 4.74 Å². The second kappa shape index (κ2) is 5.69. The number of alkyl halides is 1. The minimum Gasteiger partial charge on any atom is -0.497 e. The third-order valence-electron chi connectivity index (χ3n) is 2.98. The van der Waals surface area contributed by atoms with Crippen LogP contribution in [0.4, 0.5) is 4.39 Å². The molecule has 1 saturated carbocycles. The largest absolute Gasteiger partial charge is 0.497 e. The number of rotatable bonds is 5. The minimum atomic E-state index is -0.528. The zero-order valence-corrected chi connectivity index (χ0v) is 11.7. The maximum absolute atomic E-state index is 13.8. The number of ether oxygens (including phenoxy) is 1.